The maximum Gasteiger partial charge on any atom is 0.191 e. The molecule has 24 heavy (non-hydrogen) atoms. The summed E-state index contributed by atoms with van der Waals surface area (Å²) in [5, 5.41) is 0. The number of rotatable bonds is 3. The molecule has 0 spiro atoms. The summed E-state index contributed by atoms with van der Waals surface area (Å²) >= 11 is 0. The van der Waals surface area contributed by atoms with Gasteiger partial charge >= 0.3 is 0 Å². The van der Waals surface area contributed by atoms with Crippen molar-refractivity contribution in [3.8, 4) is 0 Å². The highest BCUT2D eigenvalue weighted by Gasteiger charge is 2.15. The summed E-state index contributed by atoms with van der Waals surface area (Å²) in [6.07, 6.45) is 4.86. The van der Waals surface area contributed by atoms with Crippen LogP contribution in [0.1, 0.15) is 31.2 Å². The average Bonchev–Trinajstić information content (AvgIpc) is 2.90. The lowest BCUT2D eigenvalue weighted by atomic mass is 10.1. The molecule has 2 aliphatic heterocycles. The van der Waals surface area contributed by atoms with Crippen LogP contribution >= 0.6 is 0 Å². The third-order valence-corrected chi connectivity index (χ3v) is 4.72. The van der Waals surface area contributed by atoms with Gasteiger partial charge in [0, 0.05) is 26.2 Å². The SMILES string of the molecule is NC(=NCc1ccc(N2CCOCC2)c(F)c1)N1CCCCCC1. The Bertz CT molecular complexity index is 564. The van der Waals surface area contributed by atoms with Crippen molar-refractivity contribution in [2.75, 3.05) is 44.3 Å². The highest BCUT2D eigenvalue weighted by atomic mass is 19.1. The summed E-state index contributed by atoms with van der Waals surface area (Å²) in [4.78, 5) is 8.63. The molecule has 132 valence electrons. The molecule has 0 bridgehead atoms. The van der Waals surface area contributed by atoms with Gasteiger partial charge in [-0.05, 0) is 30.5 Å². The first-order valence-corrected chi connectivity index (χ1v) is 8.90. The molecule has 2 aliphatic rings. The Morgan fingerprint density at radius 2 is 1.79 bits per heavy atom. The van der Waals surface area contributed by atoms with E-state index >= 15 is 0 Å². The second-order valence-corrected chi connectivity index (χ2v) is 6.46. The predicted molar refractivity (Wildman–Crippen MR) is 94.8 cm³/mol. The van der Waals surface area contributed by atoms with Crippen LogP contribution in [0, 0.1) is 5.82 Å². The van der Waals surface area contributed by atoms with Crippen molar-refractivity contribution in [2.45, 2.75) is 32.2 Å². The molecular formula is C18H27FN4O. The van der Waals surface area contributed by atoms with Gasteiger partial charge in [-0.3, -0.25) is 0 Å². The zero-order valence-electron chi connectivity index (χ0n) is 14.2. The molecule has 0 radical (unpaired) electrons. The summed E-state index contributed by atoms with van der Waals surface area (Å²) in [7, 11) is 0. The zero-order valence-corrected chi connectivity index (χ0v) is 14.2. The summed E-state index contributed by atoms with van der Waals surface area (Å²) < 4.78 is 19.7. The van der Waals surface area contributed by atoms with Gasteiger partial charge in [-0.2, -0.15) is 0 Å². The fraction of sp³-hybridized carbons (Fsp3) is 0.611. The standard InChI is InChI=1S/C18H27FN4O/c19-16-13-15(5-6-17(16)22-9-11-24-12-10-22)14-21-18(20)23-7-3-1-2-4-8-23/h5-6,13H,1-4,7-12,14H2,(H2,20,21). The van der Waals surface area contributed by atoms with E-state index in [4.69, 9.17) is 10.5 Å². The van der Waals surface area contributed by atoms with Crippen molar-refractivity contribution in [2.24, 2.45) is 10.7 Å². The van der Waals surface area contributed by atoms with Crippen molar-refractivity contribution in [1.82, 2.24) is 4.90 Å². The molecule has 2 saturated heterocycles. The largest absolute Gasteiger partial charge is 0.378 e. The van der Waals surface area contributed by atoms with Crippen molar-refractivity contribution in [1.29, 1.82) is 0 Å². The number of benzene rings is 1. The number of likely N-dealkylation sites (tertiary alicyclic amines) is 1. The van der Waals surface area contributed by atoms with Gasteiger partial charge in [-0.25, -0.2) is 9.38 Å². The van der Waals surface area contributed by atoms with Crippen LogP contribution in [0.15, 0.2) is 23.2 Å². The first-order valence-electron chi connectivity index (χ1n) is 8.90. The minimum Gasteiger partial charge on any atom is -0.378 e. The molecule has 0 unspecified atom stereocenters. The molecule has 0 atom stereocenters. The Morgan fingerprint density at radius 3 is 2.46 bits per heavy atom. The second kappa shape index (κ2) is 8.33. The number of guanidine groups is 1. The number of morpholine rings is 1. The van der Waals surface area contributed by atoms with Crippen molar-refractivity contribution >= 4 is 11.6 Å². The van der Waals surface area contributed by atoms with E-state index < -0.39 is 0 Å². The van der Waals surface area contributed by atoms with E-state index in [1.165, 1.54) is 25.7 Å². The van der Waals surface area contributed by atoms with Crippen molar-refractivity contribution < 1.29 is 9.13 Å². The van der Waals surface area contributed by atoms with Crippen LogP contribution in [0.2, 0.25) is 0 Å². The van der Waals surface area contributed by atoms with Gasteiger partial charge in [-0.15, -0.1) is 0 Å². The number of aliphatic imine (C=N–C) groups is 1. The lowest BCUT2D eigenvalue weighted by Gasteiger charge is -2.29. The Morgan fingerprint density at radius 1 is 1.08 bits per heavy atom. The molecule has 6 heteroatoms. The van der Waals surface area contributed by atoms with E-state index in [9.17, 15) is 4.39 Å². The van der Waals surface area contributed by atoms with Crippen LogP contribution in [0.4, 0.5) is 10.1 Å². The first-order chi connectivity index (χ1) is 11.7. The fourth-order valence-corrected chi connectivity index (χ4v) is 3.28. The van der Waals surface area contributed by atoms with E-state index in [0.29, 0.717) is 31.4 Å². The number of ether oxygens (including phenoxy) is 1. The molecule has 0 aromatic heterocycles. The minimum absolute atomic E-state index is 0.196. The van der Waals surface area contributed by atoms with E-state index in [1.54, 1.807) is 6.07 Å². The molecule has 0 amide bonds. The van der Waals surface area contributed by atoms with Crippen LogP contribution in [-0.4, -0.2) is 50.3 Å². The molecule has 1 aromatic carbocycles. The van der Waals surface area contributed by atoms with Gasteiger partial charge in [0.25, 0.3) is 0 Å². The highest BCUT2D eigenvalue weighted by Crippen LogP contribution is 2.22. The molecule has 0 saturated carbocycles. The number of hydrogen-bond acceptors (Lipinski definition) is 3. The molecule has 1 aromatic rings. The Balaban J connectivity index is 1.62. The molecule has 2 fully saturated rings. The molecule has 3 rings (SSSR count). The summed E-state index contributed by atoms with van der Waals surface area (Å²) in [6, 6.07) is 5.35. The van der Waals surface area contributed by atoms with Gasteiger partial charge < -0.3 is 20.3 Å². The maximum absolute atomic E-state index is 14.4. The number of anilines is 1. The van der Waals surface area contributed by atoms with Crippen LogP contribution in [0.3, 0.4) is 0 Å². The normalized spacial score (nSPS) is 20.1. The van der Waals surface area contributed by atoms with Crippen LogP contribution < -0.4 is 10.6 Å². The summed E-state index contributed by atoms with van der Waals surface area (Å²) in [5.74, 6) is 0.382. The van der Waals surface area contributed by atoms with Gasteiger partial charge in [0.1, 0.15) is 5.82 Å². The van der Waals surface area contributed by atoms with Gasteiger partial charge in [0.2, 0.25) is 0 Å². The van der Waals surface area contributed by atoms with Crippen molar-refractivity contribution in [3.63, 3.8) is 0 Å². The van der Waals surface area contributed by atoms with E-state index in [2.05, 4.69) is 9.89 Å². The third-order valence-electron chi connectivity index (χ3n) is 4.72. The monoisotopic (exact) mass is 334 g/mol. The molecule has 5 nitrogen and oxygen atoms in total. The summed E-state index contributed by atoms with van der Waals surface area (Å²) in [6.45, 7) is 5.13. The Hall–Kier alpha value is -1.82. The zero-order chi connectivity index (χ0) is 16.8. The topological polar surface area (TPSA) is 54.1 Å². The molecular weight excluding hydrogens is 307 g/mol. The van der Waals surface area contributed by atoms with Crippen molar-refractivity contribution in [3.05, 3.63) is 29.6 Å². The molecule has 2 N–H and O–H groups in total. The van der Waals surface area contributed by atoms with Gasteiger partial charge in [0.05, 0.1) is 25.4 Å². The first kappa shape index (κ1) is 17.0. The lowest BCUT2D eigenvalue weighted by molar-refractivity contribution is 0.122. The number of nitrogens with two attached hydrogens (primary N) is 1. The number of halogens is 1. The quantitative estimate of drug-likeness (QED) is 0.681. The highest BCUT2D eigenvalue weighted by molar-refractivity contribution is 5.78. The smallest absolute Gasteiger partial charge is 0.191 e. The summed E-state index contributed by atoms with van der Waals surface area (Å²) in [5.41, 5.74) is 7.60. The van der Waals surface area contributed by atoms with Crippen LogP contribution in [-0.2, 0) is 11.3 Å². The van der Waals surface area contributed by atoms with Crippen LogP contribution in [0.25, 0.3) is 0 Å². The van der Waals surface area contributed by atoms with Gasteiger partial charge in [0.15, 0.2) is 5.96 Å². The van der Waals surface area contributed by atoms with E-state index in [0.717, 1.165) is 31.7 Å². The maximum atomic E-state index is 14.4. The van der Waals surface area contributed by atoms with Gasteiger partial charge in [-0.1, -0.05) is 18.9 Å². The van der Waals surface area contributed by atoms with Crippen LogP contribution in [0.5, 0.6) is 0 Å². The number of hydrogen-bond donors (Lipinski definition) is 1. The Labute approximate surface area is 143 Å². The molecule has 0 aliphatic carbocycles. The Kier molecular flexibility index (Phi) is 5.91. The number of nitrogens with zero attached hydrogens (tertiary/aromatic N) is 3. The minimum atomic E-state index is -0.196. The third kappa shape index (κ3) is 4.38. The second-order valence-electron chi connectivity index (χ2n) is 6.46. The molecule has 2 heterocycles. The van der Waals surface area contributed by atoms with E-state index in [-0.39, 0.29) is 5.82 Å². The fourth-order valence-electron chi connectivity index (χ4n) is 3.28. The predicted octanol–water partition coefficient (Wildman–Crippen LogP) is 2.35. The lowest BCUT2D eigenvalue weighted by Crippen LogP contribution is -2.38. The van der Waals surface area contributed by atoms with E-state index in [1.807, 2.05) is 17.0 Å². The average molecular weight is 334 g/mol.